The largest absolute Gasteiger partial charge is 0.418 e. The molecule has 0 aliphatic heterocycles. The predicted octanol–water partition coefficient (Wildman–Crippen LogP) is 25.6. The van der Waals surface area contributed by atoms with Gasteiger partial charge in [0.25, 0.3) is 0 Å². The molecule has 0 aliphatic rings. The SMILES string of the molecule is [C-]#[N+]c1cccc(C(F)(F)F)c1-c1cc(-n2c3c(C)cccc3c3cccc(C)c32)c(C#N)cc1-n1c2c(C)cccc2c2cccc(C)c21.[C-]#[N+]c1cccc(C(F)(F)F)c1-c1cc(-n2c3c(C)cccc3c3cccc(C)c32)c(C(F)(F)F)cc1-n1c2c(C)cccc2c2cccc(C)c21. The van der Waals surface area contributed by atoms with Crippen molar-refractivity contribution in [3.63, 3.8) is 0 Å². The van der Waals surface area contributed by atoms with E-state index in [1.165, 1.54) is 28.8 Å². The van der Waals surface area contributed by atoms with E-state index in [0.29, 0.717) is 60.9 Å². The number of rotatable bonds is 6. The van der Waals surface area contributed by atoms with Crippen molar-refractivity contribution in [2.45, 2.75) is 73.9 Å². The standard InChI is InChI=1S/C43H29F6N3.C43H29F3N4/c1-23-11-6-15-27-28-16-7-12-24(2)39(28)51(38(23)27)35-22-33(43(47,48)49)36(21-31(35)37-32(42(44,45)46)19-10-20-34(37)50-5)52-40-25(3)13-8-17-29(40)30-18-9-14-26(4)41(30)52;1-24-11-6-15-29-30-16-7-12-25(2)40(30)49(39(24)29)36-22-33(38-34(43(44,45)46)19-10-20-35(38)48-5)37(21-28(36)23-47)50-41-26(3)13-8-17-31(41)32-18-9-14-27(4)42(32)50/h6-22H,1-4H3;6-22H,1-4H3. The summed E-state index contributed by atoms with van der Waals surface area (Å²) in [6.07, 6.45) is -14.6. The molecule has 0 amide bonds. The summed E-state index contributed by atoms with van der Waals surface area (Å²) in [4.78, 5) is 7.14. The number of para-hydroxylation sites is 8. The van der Waals surface area contributed by atoms with E-state index >= 15 is 39.5 Å². The number of halogens is 9. The summed E-state index contributed by atoms with van der Waals surface area (Å²) in [5.74, 6) is 0. The van der Waals surface area contributed by atoms with Gasteiger partial charge in [0.2, 0.25) is 0 Å². The van der Waals surface area contributed by atoms with Crippen LogP contribution >= 0.6 is 0 Å². The lowest BCUT2D eigenvalue weighted by molar-refractivity contribution is -0.138. The first kappa shape index (κ1) is 65.6. The number of aryl methyl sites for hydroxylation is 8. The third kappa shape index (κ3) is 10.1. The molecule has 0 saturated carbocycles. The highest BCUT2D eigenvalue weighted by Crippen LogP contribution is 2.53. The average Bonchev–Trinajstić information content (AvgIpc) is 1.53. The van der Waals surface area contributed by atoms with Crippen LogP contribution in [0.3, 0.4) is 0 Å². The van der Waals surface area contributed by atoms with Gasteiger partial charge in [0.05, 0.1) is 102 Å². The molecule has 0 spiro atoms. The predicted molar refractivity (Wildman–Crippen MR) is 391 cm³/mol. The highest BCUT2D eigenvalue weighted by atomic mass is 19.4. The minimum absolute atomic E-state index is 0.115. The highest BCUT2D eigenvalue weighted by molar-refractivity contribution is 6.16. The minimum Gasteiger partial charge on any atom is -0.308 e. The molecule has 16 aromatic rings. The van der Waals surface area contributed by atoms with Gasteiger partial charge in [-0.1, -0.05) is 182 Å². The van der Waals surface area contributed by atoms with Gasteiger partial charge in [-0.25, -0.2) is 9.69 Å². The molecule has 0 atom stereocenters. The average molecular weight is 1360 g/mol. The van der Waals surface area contributed by atoms with Crippen LogP contribution in [-0.2, 0) is 18.5 Å². The van der Waals surface area contributed by atoms with Crippen LogP contribution in [0.2, 0.25) is 0 Å². The molecule has 0 fully saturated rings. The van der Waals surface area contributed by atoms with Crippen LogP contribution in [0.4, 0.5) is 50.9 Å². The Bertz CT molecular complexity index is 6180. The maximum atomic E-state index is 15.7. The second-order valence-corrected chi connectivity index (χ2v) is 26.1. The van der Waals surface area contributed by atoms with Crippen LogP contribution in [0, 0.1) is 79.9 Å². The summed E-state index contributed by atoms with van der Waals surface area (Å²) in [6.45, 7) is 31.2. The molecule has 0 radical (unpaired) electrons. The fourth-order valence-corrected chi connectivity index (χ4v) is 15.7. The molecule has 4 heterocycles. The fourth-order valence-electron chi connectivity index (χ4n) is 15.7. The Balaban J connectivity index is 0.000000165. The Kier molecular flexibility index (Phi) is 15.4. The zero-order valence-corrected chi connectivity index (χ0v) is 56.2. The topological polar surface area (TPSA) is 52.2 Å². The normalized spacial score (nSPS) is 12.1. The lowest BCUT2D eigenvalue weighted by Crippen LogP contribution is -2.15. The summed E-state index contributed by atoms with van der Waals surface area (Å²) in [7, 11) is 0. The molecule has 0 bridgehead atoms. The van der Waals surface area contributed by atoms with Crippen LogP contribution in [0.15, 0.2) is 206 Å². The van der Waals surface area contributed by atoms with E-state index in [1.54, 1.807) is 42.7 Å². The molecule has 102 heavy (non-hydrogen) atoms. The second kappa shape index (κ2) is 24.0. The summed E-state index contributed by atoms with van der Waals surface area (Å²) in [5, 5.41) is 17.7. The zero-order valence-electron chi connectivity index (χ0n) is 56.2. The van der Waals surface area contributed by atoms with Crippen LogP contribution in [-0.4, -0.2) is 18.3 Å². The van der Waals surface area contributed by atoms with Crippen molar-refractivity contribution in [3.05, 3.63) is 296 Å². The van der Waals surface area contributed by atoms with Gasteiger partial charge in [-0.05, 0) is 135 Å². The third-order valence-corrected chi connectivity index (χ3v) is 19.9. The highest BCUT2D eigenvalue weighted by Gasteiger charge is 2.41. The van der Waals surface area contributed by atoms with Crippen LogP contribution in [0.25, 0.3) is 142 Å². The molecule has 4 aromatic heterocycles. The smallest absolute Gasteiger partial charge is 0.308 e. The van der Waals surface area contributed by atoms with Crippen molar-refractivity contribution in [3.8, 4) is 51.1 Å². The molecule has 0 aliphatic carbocycles. The molecule has 16 rings (SSSR count). The summed E-state index contributed by atoms with van der Waals surface area (Å²) in [6, 6.07) is 61.0. The fraction of sp³-hybridized carbons (Fsp3) is 0.128. The van der Waals surface area contributed by atoms with E-state index in [4.69, 9.17) is 13.1 Å². The van der Waals surface area contributed by atoms with Crippen LogP contribution < -0.4 is 0 Å². The molecule has 0 unspecified atom stereocenters. The van der Waals surface area contributed by atoms with E-state index in [9.17, 15) is 5.26 Å². The van der Waals surface area contributed by atoms with Crippen LogP contribution in [0.1, 0.15) is 66.8 Å². The number of fused-ring (bicyclic) bond motifs is 12. The van der Waals surface area contributed by atoms with Crippen molar-refractivity contribution in [2.24, 2.45) is 0 Å². The summed E-state index contributed by atoms with van der Waals surface area (Å²) < 4.78 is 145. The Hall–Kier alpha value is -12.3. The number of aromatic nitrogens is 4. The maximum absolute atomic E-state index is 15.7. The van der Waals surface area contributed by atoms with Gasteiger partial charge in [0, 0.05) is 54.2 Å². The minimum atomic E-state index is -4.94. The number of hydrogen-bond acceptors (Lipinski definition) is 1. The monoisotopic (exact) mass is 1360 g/mol. The second-order valence-electron chi connectivity index (χ2n) is 26.1. The van der Waals surface area contributed by atoms with E-state index < -0.39 is 40.8 Å². The lowest BCUT2D eigenvalue weighted by Gasteiger charge is -2.25. The molecule has 500 valence electrons. The first-order valence-electron chi connectivity index (χ1n) is 32.8. The molecule has 12 aromatic carbocycles. The molecule has 16 heteroatoms. The molecular formula is C86H58F9N7. The van der Waals surface area contributed by atoms with E-state index in [0.717, 1.165) is 112 Å². The Morgan fingerprint density at radius 1 is 0.294 bits per heavy atom. The number of hydrogen-bond donors (Lipinski definition) is 0. The van der Waals surface area contributed by atoms with Crippen molar-refractivity contribution in [1.29, 1.82) is 5.26 Å². The zero-order chi connectivity index (χ0) is 71.9. The Morgan fingerprint density at radius 3 is 0.784 bits per heavy atom. The first-order valence-corrected chi connectivity index (χ1v) is 32.8. The molecule has 7 nitrogen and oxygen atoms in total. The van der Waals surface area contributed by atoms with Crippen molar-refractivity contribution >= 4 is 98.6 Å². The number of benzene rings is 12. The number of nitriles is 1. The van der Waals surface area contributed by atoms with E-state index in [1.807, 2.05) is 184 Å². The van der Waals surface area contributed by atoms with Gasteiger partial charge in [-0.15, -0.1) is 0 Å². The number of nitrogens with zero attached hydrogens (tertiary/aromatic N) is 7. The quantitative estimate of drug-likeness (QED) is 0.121. The van der Waals surface area contributed by atoms with E-state index in [2.05, 4.69) is 15.8 Å². The first-order chi connectivity index (χ1) is 48.8. The maximum Gasteiger partial charge on any atom is 0.418 e. The Labute approximate surface area is 579 Å². The Morgan fingerprint density at radius 2 is 0.529 bits per heavy atom. The molecule has 0 N–H and O–H groups in total. The van der Waals surface area contributed by atoms with Crippen molar-refractivity contribution in [2.75, 3.05) is 0 Å². The lowest BCUT2D eigenvalue weighted by atomic mass is 9.93. The van der Waals surface area contributed by atoms with Gasteiger partial charge < -0.3 is 18.3 Å². The molecular weight excluding hydrogens is 1300 g/mol. The van der Waals surface area contributed by atoms with Crippen molar-refractivity contribution < 1.29 is 39.5 Å². The summed E-state index contributed by atoms with van der Waals surface area (Å²) >= 11 is 0. The van der Waals surface area contributed by atoms with Gasteiger partial charge in [-0.3, -0.25) is 0 Å². The summed E-state index contributed by atoms with van der Waals surface area (Å²) in [5.41, 5.74) is 8.65. The third-order valence-electron chi connectivity index (χ3n) is 19.9. The van der Waals surface area contributed by atoms with E-state index in [-0.39, 0.29) is 39.4 Å². The van der Waals surface area contributed by atoms with Gasteiger partial charge >= 0.3 is 18.5 Å². The number of alkyl halides is 9. The van der Waals surface area contributed by atoms with Gasteiger partial charge in [-0.2, -0.15) is 44.8 Å². The van der Waals surface area contributed by atoms with Gasteiger partial charge in [0.1, 0.15) is 6.07 Å². The van der Waals surface area contributed by atoms with Crippen LogP contribution in [0.5, 0.6) is 0 Å². The van der Waals surface area contributed by atoms with Crippen molar-refractivity contribution in [1.82, 2.24) is 18.3 Å². The molecule has 0 saturated heterocycles. The van der Waals surface area contributed by atoms with Gasteiger partial charge in [0.15, 0.2) is 11.4 Å².